The molecule has 0 bridgehead atoms. The maximum absolute atomic E-state index is 12.1. The molecule has 1 aromatic carbocycles. The number of esters is 1. The fourth-order valence-electron chi connectivity index (χ4n) is 2.69. The Labute approximate surface area is 147 Å². The summed E-state index contributed by atoms with van der Waals surface area (Å²) in [5.74, 6) is -0.776. The molecule has 1 aromatic rings. The number of amides is 2. The first-order valence-corrected chi connectivity index (χ1v) is 8.46. The quantitative estimate of drug-likeness (QED) is 0.744. The lowest BCUT2D eigenvalue weighted by Gasteiger charge is -2.30. The van der Waals surface area contributed by atoms with E-state index >= 15 is 0 Å². The highest BCUT2D eigenvalue weighted by molar-refractivity contribution is 5.82. The van der Waals surface area contributed by atoms with Gasteiger partial charge in [-0.3, -0.25) is 9.59 Å². The van der Waals surface area contributed by atoms with Gasteiger partial charge in [0.2, 0.25) is 5.91 Å². The van der Waals surface area contributed by atoms with E-state index in [1.165, 1.54) is 0 Å². The molecule has 1 aliphatic rings. The van der Waals surface area contributed by atoms with E-state index in [1.807, 2.05) is 25.1 Å². The van der Waals surface area contributed by atoms with Crippen LogP contribution in [0.3, 0.4) is 0 Å². The van der Waals surface area contributed by atoms with Crippen LogP contribution in [0, 0.1) is 5.92 Å². The van der Waals surface area contributed by atoms with Gasteiger partial charge >= 0.3 is 5.97 Å². The molecule has 1 fully saturated rings. The van der Waals surface area contributed by atoms with E-state index in [1.54, 1.807) is 17.0 Å². The summed E-state index contributed by atoms with van der Waals surface area (Å²) in [5.41, 5.74) is 5.27. The van der Waals surface area contributed by atoms with Crippen LogP contribution in [0.1, 0.15) is 26.2 Å². The molecule has 0 spiro atoms. The third-order valence-corrected chi connectivity index (χ3v) is 4.24. The van der Waals surface area contributed by atoms with Crippen LogP contribution in [0.15, 0.2) is 30.3 Å². The van der Waals surface area contributed by atoms with Gasteiger partial charge in [0.05, 0.1) is 0 Å². The Morgan fingerprint density at radius 2 is 1.84 bits per heavy atom. The predicted octanol–water partition coefficient (Wildman–Crippen LogP) is 1.11. The number of primary amides is 1. The number of rotatable bonds is 7. The van der Waals surface area contributed by atoms with E-state index in [0.717, 1.165) is 0 Å². The normalized spacial score (nSPS) is 16.1. The van der Waals surface area contributed by atoms with Gasteiger partial charge < -0.3 is 20.1 Å². The second kappa shape index (κ2) is 9.05. The standard InChI is InChI=1S/C18H24N2O5/c1-2-15(25-14-6-4-3-5-7-14)18(23)24-12-16(21)20-10-8-13(9-11-20)17(19)22/h3-7,13,15H,2,8-12H2,1H3,(H2,19,22)/t15-/m1/s1. The van der Waals surface area contributed by atoms with Crippen LogP contribution in [0.25, 0.3) is 0 Å². The molecule has 0 saturated carbocycles. The van der Waals surface area contributed by atoms with Crippen LogP contribution in [0.4, 0.5) is 0 Å². The van der Waals surface area contributed by atoms with E-state index in [-0.39, 0.29) is 24.3 Å². The average Bonchev–Trinajstić information content (AvgIpc) is 2.64. The van der Waals surface area contributed by atoms with Gasteiger partial charge in [-0.25, -0.2) is 4.79 Å². The largest absolute Gasteiger partial charge is 0.479 e. The summed E-state index contributed by atoms with van der Waals surface area (Å²) in [6, 6.07) is 8.99. The first kappa shape index (κ1) is 18.8. The zero-order valence-electron chi connectivity index (χ0n) is 14.3. The van der Waals surface area contributed by atoms with E-state index < -0.39 is 12.1 Å². The summed E-state index contributed by atoms with van der Waals surface area (Å²) in [4.78, 5) is 37.0. The van der Waals surface area contributed by atoms with Gasteiger partial charge in [-0.1, -0.05) is 25.1 Å². The number of nitrogens with zero attached hydrogens (tertiary/aromatic N) is 1. The lowest BCUT2D eigenvalue weighted by Crippen LogP contribution is -2.43. The third kappa shape index (κ3) is 5.48. The van der Waals surface area contributed by atoms with Crippen molar-refractivity contribution in [2.24, 2.45) is 11.7 Å². The van der Waals surface area contributed by atoms with E-state index in [4.69, 9.17) is 15.2 Å². The molecule has 25 heavy (non-hydrogen) atoms. The highest BCUT2D eigenvalue weighted by atomic mass is 16.6. The summed E-state index contributed by atoms with van der Waals surface area (Å²) in [6.07, 6.45) is 0.773. The minimum absolute atomic E-state index is 0.185. The fraction of sp³-hybridized carbons (Fsp3) is 0.500. The summed E-state index contributed by atoms with van der Waals surface area (Å²) in [5, 5.41) is 0. The smallest absolute Gasteiger partial charge is 0.347 e. The molecule has 7 nitrogen and oxygen atoms in total. The number of nitrogens with two attached hydrogens (primary N) is 1. The molecule has 2 rings (SSSR count). The number of hydrogen-bond donors (Lipinski definition) is 1. The van der Waals surface area contributed by atoms with Crippen molar-refractivity contribution in [1.29, 1.82) is 0 Å². The molecule has 1 heterocycles. The molecular weight excluding hydrogens is 324 g/mol. The number of piperidine rings is 1. The van der Waals surface area contributed by atoms with Crippen LogP contribution < -0.4 is 10.5 Å². The van der Waals surface area contributed by atoms with Gasteiger partial charge in [-0.15, -0.1) is 0 Å². The first-order chi connectivity index (χ1) is 12.0. The van der Waals surface area contributed by atoms with Crippen molar-refractivity contribution < 1.29 is 23.9 Å². The number of para-hydroxylation sites is 1. The van der Waals surface area contributed by atoms with Crippen LogP contribution in [0.5, 0.6) is 5.75 Å². The number of carbonyl (C=O) groups is 3. The van der Waals surface area contributed by atoms with Gasteiger partial charge in [0, 0.05) is 19.0 Å². The molecule has 1 atom stereocenters. The zero-order valence-corrected chi connectivity index (χ0v) is 14.3. The molecule has 136 valence electrons. The maximum Gasteiger partial charge on any atom is 0.347 e. The highest BCUT2D eigenvalue weighted by Crippen LogP contribution is 2.17. The maximum atomic E-state index is 12.1. The van der Waals surface area contributed by atoms with Crippen LogP contribution in [0.2, 0.25) is 0 Å². The summed E-state index contributed by atoms with van der Waals surface area (Å²) in [7, 11) is 0. The minimum Gasteiger partial charge on any atom is -0.479 e. The molecule has 7 heteroatoms. The monoisotopic (exact) mass is 348 g/mol. The number of ether oxygens (including phenoxy) is 2. The predicted molar refractivity (Wildman–Crippen MR) is 90.6 cm³/mol. The number of likely N-dealkylation sites (tertiary alicyclic amines) is 1. The van der Waals surface area contributed by atoms with Crippen molar-refractivity contribution in [3.05, 3.63) is 30.3 Å². The molecule has 0 aromatic heterocycles. The van der Waals surface area contributed by atoms with E-state index in [9.17, 15) is 14.4 Å². The van der Waals surface area contributed by atoms with Gasteiger partial charge in [0.25, 0.3) is 5.91 Å². The van der Waals surface area contributed by atoms with Gasteiger partial charge in [-0.05, 0) is 31.4 Å². The van der Waals surface area contributed by atoms with Crippen molar-refractivity contribution in [2.75, 3.05) is 19.7 Å². The zero-order chi connectivity index (χ0) is 18.2. The Balaban J connectivity index is 1.78. The fourth-order valence-corrected chi connectivity index (χ4v) is 2.69. The molecule has 2 N–H and O–H groups in total. The third-order valence-electron chi connectivity index (χ3n) is 4.24. The van der Waals surface area contributed by atoms with Crippen molar-refractivity contribution >= 4 is 17.8 Å². The second-order valence-electron chi connectivity index (χ2n) is 5.99. The average molecular weight is 348 g/mol. The minimum atomic E-state index is -0.754. The summed E-state index contributed by atoms with van der Waals surface area (Å²) in [6.45, 7) is 2.38. The lowest BCUT2D eigenvalue weighted by molar-refractivity contribution is -0.158. The molecule has 1 saturated heterocycles. The van der Waals surface area contributed by atoms with Crippen LogP contribution >= 0.6 is 0 Å². The molecule has 0 aliphatic carbocycles. The topological polar surface area (TPSA) is 98.9 Å². The molecule has 2 amide bonds. The number of benzene rings is 1. The number of hydrogen-bond acceptors (Lipinski definition) is 5. The van der Waals surface area contributed by atoms with Crippen molar-refractivity contribution in [1.82, 2.24) is 4.90 Å². The second-order valence-corrected chi connectivity index (χ2v) is 5.99. The molecular formula is C18H24N2O5. The number of carbonyl (C=O) groups excluding carboxylic acids is 3. The van der Waals surface area contributed by atoms with Crippen molar-refractivity contribution in [3.8, 4) is 5.75 Å². The SMILES string of the molecule is CC[C@@H](Oc1ccccc1)C(=O)OCC(=O)N1CCC(C(N)=O)CC1. The van der Waals surface area contributed by atoms with Crippen molar-refractivity contribution in [2.45, 2.75) is 32.3 Å². The van der Waals surface area contributed by atoms with Gasteiger partial charge in [0.1, 0.15) is 5.75 Å². The first-order valence-electron chi connectivity index (χ1n) is 8.46. The van der Waals surface area contributed by atoms with Gasteiger partial charge in [0.15, 0.2) is 12.7 Å². The Hall–Kier alpha value is -2.57. The van der Waals surface area contributed by atoms with E-state index in [2.05, 4.69) is 0 Å². The Morgan fingerprint density at radius 3 is 2.40 bits per heavy atom. The van der Waals surface area contributed by atoms with Crippen LogP contribution in [-0.4, -0.2) is 48.5 Å². The Kier molecular flexibility index (Phi) is 6.80. The molecule has 0 unspecified atom stereocenters. The lowest BCUT2D eigenvalue weighted by atomic mass is 9.96. The molecule has 0 radical (unpaired) electrons. The Bertz CT molecular complexity index is 597. The summed E-state index contributed by atoms with van der Waals surface area (Å²) >= 11 is 0. The molecule has 1 aliphatic heterocycles. The summed E-state index contributed by atoms with van der Waals surface area (Å²) < 4.78 is 10.7. The van der Waals surface area contributed by atoms with Crippen molar-refractivity contribution in [3.63, 3.8) is 0 Å². The van der Waals surface area contributed by atoms with Crippen LogP contribution in [-0.2, 0) is 19.1 Å². The Morgan fingerprint density at radius 1 is 1.20 bits per heavy atom. The van der Waals surface area contributed by atoms with Gasteiger partial charge in [-0.2, -0.15) is 0 Å². The highest BCUT2D eigenvalue weighted by Gasteiger charge is 2.27. The van der Waals surface area contributed by atoms with E-state index in [0.29, 0.717) is 38.1 Å².